The second kappa shape index (κ2) is 11.2. The number of aryl methyl sites for hydroxylation is 2. The van der Waals surface area contributed by atoms with Gasteiger partial charge in [0.05, 0.1) is 23.8 Å². The van der Waals surface area contributed by atoms with Crippen LogP contribution in [0, 0.1) is 13.8 Å². The van der Waals surface area contributed by atoms with Gasteiger partial charge in [-0.15, -0.1) is 0 Å². The predicted octanol–water partition coefficient (Wildman–Crippen LogP) is 3.88. The summed E-state index contributed by atoms with van der Waals surface area (Å²) in [5, 5.41) is 0. The van der Waals surface area contributed by atoms with Crippen LogP contribution in [0.2, 0.25) is 0 Å². The number of esters is 2. The van der Waals surface area contributed by atoms with Gasteiger partial charge in [-0.05, 0) is 38.1 Å². The predicted molar refractivity (Wildman–Crippen MR) is 136 cm³/mol. The quantitative estimate of drug-likeness (QED) is 0.426. The summed E-state index contributed by atoms with van der Waals surface area (Å²) in [5.74, 6) is -0.941. The van der Waals surface area contributed by atoms with E-state index in [0.29, 0.717) is 16.7 Å². The molecule has 0 spiro atoms. The van der Waals surface area contributed by atoms with E-state index < -0.39 is 36.1 Å². The number of hydrogen-bond donors (Lipinski definition) is 0. The van der Waals surface area contributed by atoms with Crippen molar-refractivity contribution in [3.63, 3.8) is 0 Å². The highest BCUT2D eigenvalue weighted by atomic mass is 16.6. The number of ether oxygens (including phenoxy) is 4. The number of carbonyl (C=O) groups is 2. The van der Waals surface area contributed by atoms with Crippen LogP contribution < -0.4 is 10.4 Å². The van der Waals surface area contributed by atoms with Crippen LogP contribution >= 0.6 is 0 Å². The second-order valence-electron chi connectivity index (χ2n) is 8.74. The molecule has 9 nitrogen and oxygen atoms in total. The average molecular weight is 505 g/mol. The summed E-state index contributed by atoms with van der Waals surface area (Å²) in [6.45, 7) is 7.38. The normalized spacial score (nSPS) is 18.7. The van der Waals surface area contributed by atoms with E-state index in [1.807, 2.05) is 38.1 Å². The van der Waals surface area contributed by atoms with Crippen LogP contribution in [-0.4, -0.2) is 47.4 Å². The van der Waals surface area contributed by atoms with Gasteiger partial charge in [0.15, 0.2) is 0 Å². The average Bonchev–Trinajstić information content (AvgIpc) is 3.29. The van der Waals surface area contributed by atoms with Crippen molar-refractivity contribution in [3.8, 4) is 5.88 Å². The fourth-order valence-electron chi connectivity index (χ4n) is 3.95. The monoisotopic (exact) mass is 504 g/mol. The van der Waals surface area contributed by atoms with Crippen molar-refractivity contribution < 1.29 is 28.5 Å². The Morgan fingerprint density at radius 3 is 2.22 bits per heavy atom. The Morgan fingerprint density at radius 2 is 1.65 bits per heavy atom. The maximum absolute atomic E-state index is 12.8. The van der Waals surface area contributed by atoms with Gasteiger partial charge >= 0.3 is 17.6 Å². The molecule has 37 heavy (non-hydrogen) atoms. The summed E-state index contributed by atoms with van der Waals surface area (Å²) in [6, 6.07) is 13.9. The van der Waals surface area contributed by atoms with Crippen LogP contribution in [0.5, 0.6) is 5.88 Å². The van der Waals surface area contributed by atoms with Crippen LogP contribution in [0.15, 0.2) is 66.1 Å². The van der Waals surface area contributed by atoms with Gasteiger partial charge in [0.1, 0.15) is 25.0 Å². The SMILES string of the molecule is C=Cc1cn([C@@H]2C[C@H](OC(=O)c3ccc(C)cc3)[C@@H](COC(=O)c3ccc(C)cc3)O2)c(=O)nc1OC. The van der Waals surface area contributed by atoms with Crippen molar-refractivity contribution in [2.75, 3.05) is 13.7 Å². The third kappa shape index (κ3) is 5.95. The molecule has 0 radical (unpaired) electrons. The van der Waals surface area contributed by atoms with Gasteiger partial charge in [-0.1, -0.05) is 48.0 Å². The zero-order valence-corrected chi connectivity index (χ0v) is 20.9. The molecule has 9 heteroatoms. The summed E-state index contributed by atoms with van der Waals surface area (Å²) in [5.41, 5.74) is 2.67. The number of hydrogen-bond acceptors (Lipinski definition) is 8. The van der Waals surface area contributed by atoms with Crippen molar-refractivity contribution in [2.24, 2.45) is 0 Å². The van der Waals surface area contributed by atoms with Gasteiger partial charge in [0, 0.05) is 12.6 Å². The molecule has 0 bridgehead atoms. The Labute approximate surface area is 214 Å². The molecule has 0 amide bonds. The molecule has 1 aliphatic heterocycles. The van der Waals surface area contributed by atoms with E-state index in [2.05, 4.69) is 11.6 Å². The number of benzene rings is 2. The Kier molecular flexibility index (Phi) is 7.83. The molecule has 1 aliphatic rings. The van der Waals surface area contributed by atoms with Gasteiger partial charge in [-0.2, -0.15) is 4.98 Å². The van der Waals surface area contributed by atoms with Gasteiger partial charge in [0.2, 0.25) is 5.88 Å². The van der Waals surface area contributed by atoms with Gasteiger partial charge in [0.25, 0.3) is 0 Å². The maximum atomic E-state index is 12.8. The number of aromatic nitrogens is 2. The number of nitrogens with zero attached hydrogens (tertiary/aromatic N) is 2. The lowest BCUT2D eigenvalue weighted by Crippen LogP contribution is -2.32. The Balaban J connectivity index is 1.55. The molecule has 0 N–H and O–H groups in total. The van der Waals surface area contributed by atoms with Crippen molar-refractivity contribution >= 4 is 18.0 Å². The first-order chi connectivity index (χ1) is 17.8. The minimum atomic E-state index is -0.816. The molecule has 0 aliphatic carbocycles. The summed E-state index contributed by atoms with van der Waals surface area (Å²) in [4.78, 5) is 42.0. The molecular weight excluding hydrogens is 476 g/mol. The van der Waals surface area contributed by atoms with E-state index in [1.54, 1.807) is 24.3 Å². The zero-order valence-electron chi connectivity index (χ0n) is 20.9. The minimum Gasteiger partial charge on any atom is -0.480 e. The molecule has 1 saturated heterocycles. The molecule has 0 unspecified atom stereocenters. The molecule has 1 aromatic heterocycles. The molecule has 4 rings (SSSR count). The third-order valence-corrected chi connectivity index (χ3v) is 6.06. The van der Waals surface area contributed by atoms with Gasteiger partial charge in [-0.25, -0.2) is 14.4 Å². The van der Waals surface area contributed by atoms with Gasteiger partial charge < -0.3 is 18.9 Å². The Hall–Kier alpha value is -4.24. The smallest absolute Gasteiger partial charge is 0.353 e. The standard InChI is InChI=1S/C28H28N2O7/c1-5-19-15-30(28(33)29-25(19)34-4)24-14-22(37-27(32)21-12-8-18(3)9-13-21)23(36-24)16-35-26(31)20-10-6-17(2)7-11-20/h5-13,15,22-24H,1,14,16H2,2-4H3/t22-,23+,24-/m0/s1. The van der Waals surface area contributed by atoms with Crippen molar-refractivity contribution in [1.29, 1.82) is 0 Å². The fourth-order valence-corrected chi connectivity index (χ4v) is 3.95. The van der Waals surface area contributed by atoms with Gasteiger partial charge in [-0.3, -0.25) is 4.57 Å². The summed E-state index contributed by atoms with van der Waals surface area (Å²) < 4.78 is 23.7. The Bertz CT molecular complexity index is 1350. The molecule has 192 valence electrons. The van der Waals surface area contributed by atoms with Crippen molar-refractivity contribution in [1.82, 2.24) is 9.55 Å². The molecule has 3 aromatic rings. The maximum Gasteiger partial charge on any atom is 0.353 e. The summed E-state index contributed by atoms with van der Waals surface area (Å²) in [7, 11) is 1.41. The Morgan fingerprint density at radius 1 is 1.05 bits per heavy atom. The highest BCUT2D eigenvalue weighted by molar-refractivity contribution is 5.90. The molecule has 3 atom stereocenters. The highest BCUT2D eigenvalue weighted by Gasteiger charge is 2.40. The topological polar surface area (TPSA) is 106 Å². The lowest BCUT2D eigenvalue weighted by Gasteiger charge is -2.19. The first kappa shape index (κ1) is 25.8. The largest absolute Gasteiger partial charge is 0.480 e. The first-order valence-corrected chi connectivity index (χ1v) is 11.8. The highest BCUT2D eigenvalue weighted by Crippen LogP contribution is 2.32. The molecule has 1 fully saturated rings. The lowest BCUT2D eigenvalue weighted by atomic mass is 10.1. The van der Waals surface area contributed by atoms with E-state index in [1.165, 1.54) is 23.9 Å². The van der Waals surface area contributed by atoms with E-state index >= 15 is 0 Å². The molecular formula is C28H28N2O7. The van der Waals surface area contributed by atoms with Crippen LogP contribution in [0.1, 0.15) is 50.1 Å². The number of carbonyl (C=O) groups excluding carboxylic acids is 2. The molecule has 2 heterocycles. The number of methoxy groups -OCH3 is 1. The van der Waals surface area contributed by atoms with Crippen LogP contribution in [0.4, 0.5) is 0 Å². The molecule has 0 saturated carbocycles. The third-order valence-electron chi connectivity index (χ3n) is 6.06. The van der Waals surface area contributed by atoms with Crippen LogP contribution in [0.25, 0.3) is 6.08 Å². The number of rotatable bonds is 8. The van der Waals surface area contributed by atoms with Crippen LogP contribution in [-0.2, 0) is 14.2 Å². The van der Waals surface area contributed by atoms with Crippen molar-refractivity contribution in [2.45, 2.75) is 38.7 Å². The summed E-state index contributed by atoms with van der Waals surface area (Å²) >= 11 is 0. The fraction of sp³-hybridized carbons (Fsp3) is 0.286. The zero-order chi connectivity index (χ0) is 26.5. The van der Waals surface area contributed by atoms with E-state index in [4.69, 9.17) is 18.9 Å². The van der Waals surface area contributed by atoms with E-state index in [0.717, 1.165) is 11.1 Å². The van der Waals surface area contributed by atoms with E-state index in [9.17, 15) is 14.4 Å². The van der Waals surface area contributed by atoms with Crippen LogP contribution in [0.3, 0.4) is 0 Å². The van der Waals surface area contributed by atoms with Crippen molar-refractivity contribution in [3.05, 3.63) is 99.6 Å². The lowest BCUT2D eigenvalue weighted by molar-refractivity contribution is -0.0582. The minimum absolute atomic E-state index is 0.139. The second-order valence-corrected chi connectivity index (χ2v) is 8.74. The van der Waals surface area contributed by atoms with E-state index in [-0.39, 0.29) is 18.9 Å². The summed E-state index contributed by atoms with van der Waals surface area (Å²) in [6.07, 6.45) is 0.761. The first-order valence-electron chi connectivity index (χ1n) is 11.8. The molecule has 2 aromatic carbocycles.